The summed E-state index contributed by atoms with van der Waals surface area (Å²) < 4.78 is 2.99. The summed E-state index contributed by atoms with van der Waals surface area (Å²) in [6.07, 6.45) is 3.39. The molecule has 0 saturated carbocycles. The number of hydrogen-bond acceptors (Lipinski definition) is 2. The van der Waals surface area contributed by atoms with Crippen molar-refractivity contribution < 1.29 is 17.7 Å². The Bertz CT molecular complexity index is 746. The molecule has 0 fully saturated rings. The van der Waals surface area contributed by atoms with Crippen molar-refractivity contribution in [1.82, 2.24) is 9.97 Å². The van der Waals surface area contributed by atoms with Crippen molar-refractivity contribution in [3.63, 3.8) is 0 Å². The molecule has 0 saturated heterocycles. The van der Waals surface area contributed by atoms with E-state index in [4.69, 9.17) is 0 Å². The molecule has 4 aromatic rings. The second kappa shape index (κ2) is 8.33. The number of para-hydroxylation sites is 2. The molecule has 0 unspecified atom stereocenters. The third-order valence-electron chi connectivity index (χ3n) is 3.00. The van der Waals surface area contributed by atoms with Gasteiger partial charge in [0.15, 0.2) is 0 Å². The summed E-state index contributed by atoms with van der Waals surface area (Å²) in [6.45, 7) is 0. The summed E-state index contributed by atoms with van der Waals surface area (Å²) in [5, 5.41) is 0. The Kier molecular flexibility index (Phi) is 5.63. The van der Waals surface area contributed by atoms with Crippen LogP contribution in [0.25, 0.3) is 11.0 Å². The fourth-order valence-corrected chi connectivity index (χ4v) is 4.46. The average molecular weight is 477 g/mol. The molecule has 0 spiro atoms. The maximum Gasteiger partial charge on any atom is 0.0886 e. The molecule has 0 aliphatic carbocycles. The molecule has 23 heavy (non-hydrogen) atoms. The summed E-state index contributed by atoms with van der Waals surface area (Å²) in [4.78, 5) is 8.24. The first-order chi connectivity index (χ1) is 11.4. The minimum absolute atomic E-state index is 0.108. The van der Waals surface area contributed by atoms with Crippen LogP contribution in [0.15, 0.2) is 97.3 Å². The first kappa shape index (κ1) is 15.5. The summed E-state index contributed by atoms with van der Waals surface area (Å²) >= 11 is -0.108. The maximum absolute atomic E-state index is 4.12. The van der Waals surface area contributed by atoms with Crippen molar-refractivity contribution in [3.8, 4) is 0 Å². The van der Waals surface area contributed by atoms with Crippen LogP contribution in [0.2, 0.25) is 0 Å². The molecule has 0 aliphatic rings. The zero-order valence-electron chi connectivity index (χ0n) is 12.5. The number of fused-ring (bicyclic) bond motifs is 1. The largest absolute Gasteiger partial charge is 0.253 e. The van der Waals surface area contributed by atoms with Crippen molar-refractivity contribution in [3.05, 3.63) is 97.3 Å². The van der Waals surface area contributed by atoms with Gasteiger partial charge in [-0.3, -0.25) is 9.97 Å². The van der Waals surface area contributed by atoms with Crippen molar-refractivity contribution in [2.75, 3.05) is 0 Å². The van der Waals surface area contributed by atoms with Gasteiger partial charge < -0.3 is 0 Å². The van der Waals surface area contributed by atoms with Gasteiger partial charge >= 0.3 is 86.5 Å². The van der Waals surface area contributed by atoms with E-state index < -0.39 is 0 Å². The number of hydrogen-bond donors (Lipinski definition) is 0. The third-order valence-corrected chi connectivity index (χ3v) is 5.98. The molecule has 0 radical (unpaired) electrons. The Balaban J connectivity index is 0.000000140. The van der Waals surface area contributed by atoms with Gasteiger partial charge in [-0.25, -0.2) is 0 Å². The van der Waals surface area contributed by atoms with E-state index >= 15 is 0 Å². The van der Waals surface area contributed by atoms with E-state index in [0.717, 1.165) is 11.0 Å². The topological polar surface area (TPSA) is 25.8 Å². The predicted octanol–water partition coefficient (Wildman–Crippen LogP) is 3.35. The quantitative estimate of drug-likeness (QED) is 0.444. The molecule has 0 aliphatic heterocycles. The Labute approximate surface area is 144 Å². The number of aromatic nitrogens is 2. The first-order valence-corrected chi connectivity index (χ1v) is 9.67. The van der Waals surface area contributed by atoms with Crippen LogP contribution in [0, 0.1) is 0 Å². The molecule has 0 N–H and O–H groups in total. The van der Waals surface area contributed by atoms with Crippen LogP contribution in [-0.2, 0) is 17.7 Å². The third kappa shape index (κ3) is 4.82. The van der Waals surface area contributed by atoms with Crippen molar-refractivity contribution >= 4 is 19.2 Å². The zero-order chi connectivity index (χ0) is 15.7. The van der Waals surface area contributed by atoms with Gasteiger partial charge in [0.05, 0.1) is 11.0 Å². The molecular weight excluding hydrogens is 460 g/mol. The molecule has 1 heterocycles. The van der Waals surface area contributed by atoms with Gasteiger partial charge in [0.25, 0.3) is 0 Å². The molecule has 4 rings (SSSR count). The molecule has 3 aromatic carbocycles. The van der Waals surface area contributed by atoms with E-state index in [-0.39, 0.29) is 17.7 Å². The number of benzene rings is 3. The Hall–Kier alpha value is -2.35. The van der Waals surface area contributed by atoms with Crippen LogP contribution in [-0.4, -0.2) is 9.97 Å². The fraction of sp³-hybridized carbons (Fsp3) is 0. The Morgan fingerprint density at radius 2 is 0.870 bits per heavy atom. The SMILES string of the molecule is c1cc[c]([Ir][c]2ccccc2)cc1.c1ccc2nccnc2c1. The van der Waals surface area contributed by atoms with Crippen molar-refractivity contribution in [2.24, 2.45) is 0 Å². The van der Waals surface area contributed by atoms with E-state index in [2.05, 4.69) is 70.6 Å². The Morgan fingerprint density at radius 1 is 0.478 bits per heavy atom. The summed E-state index contributed by atoms with van der Waals surface area (Å²) in [6, 6.07) is 29.3. The van der Waals surface area contributed by atoms with E-state index in [1.54, 1.807) is 12.4 Å². The minimum Gasteiger partial charge on any atom is -0.253 e. The standard InChI is InChI=1S/C8H6N2.2C6H5.Ir/c1-2-4-8-7(3-1)9-5-6-10-8;2*1-2-4-6-5-3-1;/h1-6H;2*1-5H;. The Morgan fingerprint density at radius 3 is 1.30 bits per heavy atom. The molecule has 0 atom stereocenters. The normalized spacial score (nSPS) is 10.1. The van der Waals surface area contributed by atoms with Gasteiger partial charge in [-0.2, -0.15) is 0 Å². The summed E-state index contributed by atoms with van der Waals surface area (Å²) in [5.41, 5.74) is 1.90. The monoisotopic (exact) mass is 477 g/mol. The van der Waals surface area contributed by atoms with Crippen LogP contribution < -0.4 is 8.15 Å². The van der Waals surface area contributed by atoms with Crippen LogP contribution in [0.1, 0.15) is 0 Å². The van der Waals surface area contributed by atoms with Gasteiger partial charge in [-0.15, -0.1) is 0 Å². The molecule has 115 valence electrons. The summed E-state index contributed by atoms with van der Waals surface area (Å²) in [7, 11) is 0. The first-order valence-electron chi connectivity index (χ1n) is 7.28. The van der Waals surface area contributed by atoms with Crippen LogP contribution in [0.5, 0.6) is 0 Å². The van der Waals surface area contributed by atoms with Crippen LogP contribution >= 0.6 is 0 Å². The van der Waals surface area contributed by atoms with Gasteiger partial charge in [0.1, 0.15) is 0 Å². The number of nitrogens with zero attached hydrogens (tertiary/aromatic N) is 2. The summed E-state index contributed by atoms with van der Waals surface area (Å²) in [5.74, 6) is 0. The molecule has 1 aromatic heterocycles. The van der Waals surface area contributed by atoms with E-state index in [1.807, 2.05) is 24.3 Å². The average Bonchev–Trinajstić information content (AvgIpc) is 2.64. The molecular formula is C20H16IrN2. The van der Waals surface area contributed by atoms with E-state index in [9.17, 15) is 0 Å². The molecule has 3 heteroatoms. The van der Waals surface area contributed by atoms with Gasteiger partial charge in [-0.05, 0) is 12.1 Å². The van der Waals surface area contributed by atoms with Crippen molar-refractivity contribution in [1.29, 1.82) is 0 Å². The maximum atomic E-state index is 4.12. The van der Waals surface area contributed by atoms with Gasteiger partial charge in [-0.1, -0.05) is 12.1 Å². The van der Waals surface area contributed by atoms with E-state index in [1.165, 1.54) is 8.15 Å². The van der Waals surface area contributed by atoms with Crippen LogP contribution in [0.4, 0.5) is 0 Å². The van der Waals surface area contributed by atoms with Crippen molar-refractivity contribution in [2.45, 2.75) is 0 Å². The molecule has 0 bridgehead atoms. The predicted molar refractivity (Wildman–Crippen MR) is 91.7 cm³/mol. The zero-order valence-corrected chi connectivity index (χ0v) is 14.9. The minimum atomic E-state index is -0.108. The second-order valence-corrected chi connectivity index (χ2v) is 8.03. The van der Waals surface area contributed by atoms with Crippen LogP contribution in [0.3, 0.4) is 0 Å². The van der Waals surface area contributed by atoms with E-state index in [0.29, 0.717) is 0 Å². The molecule has 2 nitrogen and oxygen atoms in total. The molecule has 0 amide bonds. The fourth-order valence-electron chi connectivity index (χ4n) is 1.94. The second-order valence-electron chi connectivity index (χ2n) is 4.67. The number of rotatable bonds is 2. The van der Waals surface area contributed by atoms with Gasteiger partial charge in [0, 0.05) is 12.4 Å². The smallest absolute Gasteiger partial charge is 0.0886 e. The van der Waals surface area contributed by atoms with Gasteiger partial charge in [0.2, 0.25) is 0 Å².